The Labute approximate surface area is 143 Å². The molecule has 2 aromatic rings. The van der Waals surface area contributed by atoms with Gasteiger partial charge < -0.3 is 10.1 Å². The highest BCUT2D eigenvalue weighted by atomic mass is 79.9. The van der Waals surface area contributed by atoms with Gasteiger partial charge in [-0.2, -0.15) is 5.26 Å². The van der Waals surface area contributed by atoms with E-state index in [9.17, 15) is 4.79 Å². The second kappa shape index (κ2) is 8.16. The fourth-order valence-electron chi connectivity index (χ4n) is 1.93. The number of rotatable bonds is 5. The average molecular weight is 371 g/mol. The van der Waals surface area contributed by atoms with E-state index in [1.54, 1.807) is 24.3 Å². The first kappa shape index (κ1) is 16.8. The van der Waals surface area contributed by atoms with Crippen molar-refractivity contribution in [3.8, 4) is 11.8 Å². The summed E-state index contributed by atoms with van der Waals surface area (Å²) in [6.07, 6.45) is 3.16. The summed E-state index contributed by atoms with van der Waals surface area (Å²) in [4.78, 5) is 12.1. The van der Waals surface area contributed by atoms with Gasteiger partial charge in [0.25, 0.3) is 0 Å². The van der Waals surface area contributed by atoms with Crippen molar-refractivity contribution in [3.05, 3.63) is 64.1 Å². The molecule has 0 bridgehead atoms. The molecular formula is C18H15BrN2O2. The molecule has 0 saturated heterocycles. The number of halogens is 1. The van der Waals surface area contributed by atoms with Crippen molar-refractivity contribution < 1.29 is 9.53 Å². The number of amides is 1. The molecule has 0 atom stereocenters. The lowest BCUT2D eigenvalue weighted by molar-refractivity contribution is -0.111. The Morgan fingerprint density at radius 2 is 2.13 bits per heavy atom. The molecular weight excluding hydrogens is 356 g/mol. The van der Waals surface area contributed by atoms with E-state index in [0.717, 1.165) is 10.0 Å². The third-order valence-electron chi connectivity index (χ3n) is 2.99. The average Bonchev–Trinajstić information content (AvgIpc) is 2.56. The molecule has 2 aromatic carbocycles. The summed E-state index contributed by atoms with van der Waals surface area (Å²) in [6.45, 7) is 2.33. The molecule has 116 valence electrons. The smallest absolute Gasteiger partial charge is 0.248 e. The highest BCUT2D eigenvalue weighted by Crippen LogP contribution is 2.26. The Morgan fingerprint density at radius 3 is 2.83 bits per heavy atom. The highest BCUT2D eigenvalue weighted by Gasteiger charge is 2.07. The lowest BCUT2D eigenvalue weighted by Gasteiger charge is -2.10. The van der Waals surface area contributed by atoms with Gasteiger partial charge in [0, 0.05) is 10.5 Å². The first-order valence-corrected chi connectivity index (χ1v) is 7.84. The summed E-state index contributed by atoms with van der Waals surface area (Å²) in [7, 11) is 0. The molecule has 0 spiro atoms. The van der Waals surface area contributed by atoms with Crippen molar-refractivity contribution in [1.29, 1.82) is 5.26 Å². The first-order valence-electron chi connectivity index (χ1n) is 7.04. The van der Waals surface area contributed by atoms with E-state index in [4.69, 9.17) is 10.00 Å². The second-order valence-electron chi connectivity index (χ2n) is 4.60. The molecule has 0 unspecified atom stereocenters. The van der Waals surface area contributed by atoms with Gasteiger partial charge in [0.1, 0.15) is 5.75 Å². The van der Waals surface area contributed by atoms with E-state index < -0.39 is 0 Å². The fourth-order valence-corrected chi connectivity index (χ4v) is 2.35. The molecule has 1 amide bonds. The van der Waals surface area contributed by atoms with Gasteiger partial charge in [-0.3, -0.25) is 4.79 Å². The van der Waals surface area contributed by atoms with E-state index in [0.29, 0.717) is 23.6 Å². The van der Waals surface area contributed by atoms with Gasteiger partial charge in [0.15, 0.2) is 0 Å². The second-order valence-corrected chi connectivity index (χ2v) is 5.45. The number of nitrogens with one attached hydrogen (secondary N) is 1. The molecule has 0 saturated carbocycles. The summed E-state index contributed by atoms with van der Waals surface area (Å²) in [5.41, 5.74) is 1.84. The van der Waals surface area contributed by atoms with Gasteiger partial charge in [0.2, 0.25) is 5.91 Å². The number of nitrogens with zero attached hydrogens (tertiary/aromatic N) is 1. The maximum absolute atomic E-state index is 12.1. The summed E-state index contributed by atoms with van der Waals surface area (Å²) >= 11 is 3.43. The van der Waals surface area contributed by atoms with Crippen LogP contribution in [-0.4, -0.2) is 12.5 Å². The fraction of sp³-hybridized carbons (Fsp3) is 0.111. The first-order chi connectivity index (χ1) is 11.1. The van der Waals surface area contributed by atoms with E-state index in [1.165, 1.54) is 6.08 Å². The van der Waals surface area contributed by atoms with Crippen molar-refractivity contribution in [1.82, 2.24) is 0 Å². The number of hydrogen-bond acceptors (Lipinski definition) is 3. The third kappa shape index (κ3) is 4.70. The van der Waals surface area contributed by atoms with Crippen LogP contribution < -0.4 is 10.1 Å². The van der Waals surface area contributed by atoms with Crippen LogP contribution in [0.5, 0.6) is 5.75 Å². The molecule has 0 aliphatic rings. The van der Waals surface area contributed by atoms with E-state index in [2.05, 4.69) is 21.2 Å². The molecule has 23 heavy (non-hydrogen) atoms. The minimum absolute atomic E-state index is 0.295. The van der Waals surface area contributed by atoms with Gasteiger partial charge >= 0.3 is 0 Å². The van der Waals surface area contributed by atoms with Gasteiger partial charge in [-0.15, -0.1) is 0 Å². The van der Waals surface area contributed by atoms with Gasteiger partial charge in [0.05, 0.1) is 23.9 Å². The van der Waals surface area contributed by atoms with Gasteiger partial charge in [-0.05, 0) is 42.8 Å². The molecule has 0 heterocycles. The summed E-state index contributed by atoms with van der Waals surface area (Å²) in [6, 6.07) is 14.6. The lowest BCUT2D eigenvalue weighted by Crippen LogP contribution is -2.09. The van der Waals surface area contributed by atoms with Gasteiger partial charge in [-0.25, -0.2) is 0 Å². The van der Waals surface area contributed by atoms with Crippen LogP contribution in [0.4, 0.5) is 5.69 Å². The topological polar surface area (TPSA) is 62.1 Å². The Morgan fingerprint density at radius 1 is 1.35 bits per heavy atom. The SMILES string of the molecule is CCOc1ccc(C#N)cc1NC(=O)/C=C\c1ccccc1Br. The molecule has 0 fully saturated rings. The zero-order chi connectivity index (χ0) is 16.7. The van der Waals surface area contributed by atoms with Crippen molar-refractivity contribution in [3.63, 3.8) is 0 Å². The molecule has 1 N–H and O–H groups in total. The van der Waals surface area contributed by atoms with Crippen LogP contribution in [-0.2, 0) is 4.79 Å². The summed E-state index contributed by atoms with van der Waals surface area (Å²) < 4.78 is 6.37. The minimum Gasteiger partial charge on any atom is -0.492 e. The van der Waals surface area contributed by atoms with Crippen molar-refractivity contribution in [2.75, 3.05) is 11.9 Å². The Hall–Kier alpha value is -2.58. The molecule has 0 radical (unpaired) electrons. The molecule has 4 nitrogen and oxygen atoms in total. The maximum Gasteiger partial charge on any atom is 0.248 e. The predicted molar refractivity (Wildman–Crippen MR) is 94.1 cm³/mol. The zero-order valence-corrected chi connectivity index (χ0v) is 14.1. The number of hydrogen-bond donors (Lipinski definition) is 1. The maximum atomic E-state index is 12.1. The molecule has 0 aliphatic heterocycles. The molecule has 0 aliphatic carbocycles. The predicted octanol–water partition coefficient (Wildman–Crippen LogP) is 4.37. The van der Waals surface area contributed by atoms with Crippen LogP contribution in [0.3, 0.4) is 0 Å². The monoisotopic (exact) mass is 370 g/mol. The van der Waals surface area contributed by atoms with Crippen LogP contribution in [0.25, 0.3) is 6.08 Å². The molecule has 2 rings (SSSR count). The highest BCUT2D eigenvalue weighted by molar-refractivity contribution is 9.10. The Balaban J connectivity index is 2.16. The van der Waals surface area contributed by atoms with E-state index in [-0.39, 0.29) is 5.91 Å². The van der Waals surface area contributed by atoms with Crippen molar-refractivity contribution in [2.45, 2.75) is 6.92 Å². The van der Waals surface area contributed by atoms with Crippen LogP contribution in [0.2, 0.25) is 0 Å². The Bertz CT molecular complexity index is 779. The largest absolute Gasteiger partial charge is 0.492 e. The lowest BCUT2D eigenvalue weighted by atomic mass is 10.2. The zero-order valence-electron chi connectivity index (χ0n) is 12.5. The molecule has 5 heteroatoms. The number of benzene rings is 2. The minimum atomic E-state index is -0.295. The Kier molecular flexibility index (Phi) is 5.95. The van der Waals surface area contributed by atoms with Crippen LogP contribution >= 0.6 is 15.9 Å². The van der Waals surface area contributed by atoms with E-state index in [1.807, 2.05) is 37.3 Å². The standard InChI is InChI=1S/C18H15BrN2O2/c1-2-23-17-9-7-13(12-20)11-16(17)21-18(22)10-8-14-5-3-4-6-15(14)19/h3-11H,2H2,1H3,(H,21,22)/b10-8-. The number of nitriles is 1. The summed E-state index contributed by atoms with van der Waals surface area (Å²) in [5, 5.41) is 11.7. The van der Waals surface area contributed by atoms with Crippen molar-refractivity contribution in [2.24, 2.45) is 0 Å². The number of ether oxygens (including phenoxy) is 1. The molecule has 0 aromatic heterocycles. The third-order valence-corrected chi connectivity index (χ3v) is 3.71. The normalized spacial score (nSPS) is 10.3. The van der Waals surface area contributed by atoms with Crippen LogP contribution in [0, 0.1) is 11.3 Å². The number of anilines is 1. The van der Waals surface area contributed by atoms with E-state index >= 15 is 0 Å². The summed E-state index contributed by atoms with van der Waals surface area (Å²) in [5.74, 6) is 0.242. The number of carbonyl (C=O) groups is 1. The van der Waals surface area contributed by atoms with Gasteiger partial charge in [-0.1, -0.05) is 34.1 Å². The van der Waals surface area contributed by atoms with Crippen LogP contribution in [0.15, 0.2) is 53.0 Å². The van der Waals surface area contributed by atoms with Crippen molar-refractivity contribution >= 4 is 33.6 Å². The quantitative estimate of drug-likeness (QED) is 0.794. The van der Waals surface area contributed by atoms with Crippen LogP contribution in [0.1, 0.15) is 18.1 Å². The number of carbonyl (C=O) groups excluding carboxylic acids is 1.